The van der Waals surface area contributed by atoms with Crippen LogP contribution in [-0.4, -0.2) is 21.6 Å². The summed E-state index contributed by atoms with van der Waals surface area (Å²) >= 11 is 0. The van der Waals surface area contributed by atoms with Gasteiger partial charge in [0, 0.05) is 23.7 Å². The molecule has 2 heterocycles. The molecule has 0 aliphatic heterocycles. The Kier molecular flexibility index (Phi) is 3.22. The van der Waals surface area contributed by atoms with Crippen LogP contribution in [0.15, 0.2) is 24.4 Å². The summed E-state index contributed by atoms with van der Waals surface area (Å²) in [4.78, 5) is 12.0. The predicted molar refractivity (Wildman–Crippen MR) is 71.7 cm³/mol. The Morgan fingerprint density at radius 2 is 2.25 bits per heavy atom. The van der Waals surface area contributed by atoms with Crippen molar-refractivity contribution < 1.29 is 9.13 Å². The van der Waals surface area contributed by atoms with Gasteiger partial charge in [-0.25, -0.2) is 4.98 Å². The molecule has 1 saturated carbocycles. The molecule has 0 radical (unpaired) electrons. The topological polar surface area (TPSA) is 73.9 Å². The van der Waals surface area contributed by atoms with E-state index in [0.717, 1.165) is 12.1 Å². The number of halogens is 1. The first kappa shape index (κ1) is 12.8. The van der Waals surface area contributed by atoms with Crippen LogP contribution in [0.25, 0.3) is 0 Å². The maximum absolute atomic E-state index is 13.7. The zero-order valence-corrected chi connectivity index (χ0v) is 11.1. The van der Waals surface area contributed by atoms with Gasteiger partial charge < -0.3 is 10.5 Å². The van der Waals surface area contributed by atoms with Crippen LogP contribution in [0, 0.1) is 18.7 Å². The zero-order chi connectivity index (χ0) is 14.1. The Labute approximate surface area is 116 Å². The Bertz CT molecular complexity index is 620. The Hall–Kier alpha value is -2.24. The minimum atomic E-state index is -0.689. The molecule has 6 heteroatoms. The number of nitrogen functional groups attached to an aromatic ring is 1. The highest BCUT2D eigenvalue weighted by atomic mass is 19.1. The van der Waals surface area contributed by atoms with Crippen molar-refractivity contribution in [2.75, 3.05) is 12.3 Å². The standard InChI is InChI=1S/C14H15FN4O/c1-8-18-13(16)12(15)14(19-8)20-7-9-6-10(9)11-4-2-3-5-17-11/h2-5,9-10H,6-7H2,1H3,(H2,16,18,19). The number of nitrogens with zero attached hydrogens (tertiary/aromatic N) is 3. The number of hydrogen-bond acceptors (Lipinski definition) is 5. The molecule has 0 bridgehead atoms. The van der Waals surface area contributed by atoms with E-state index in [-0.39, 0.29) is 11.7 Å². The second kappa shape index (κ2) is 5.03. The summed E-state index contributed by atoms with van der Waals surface area (Å²) in [5.74, 6) is 0.202. The molecule has 104 valence electrons. The lowest BCUT2D eigenvalue weighted by atomic mass is 10.2. The first-order chi connectivity index (χ1) is 9.65. The normalized spacial score (nSPS) is 20.7. The van der Waals surface area contributed by atoms with Gasteiger partial charge in [0.15, 0.2) is 5.82 Å². The minimum absolute atomic E-state index is 0.0679. The van der Waals surface area contributed by atoms with E-state index in [1.54, 1.807) is 13.1 Å². The molecular formula is C14H15FN4O. The Balaban J connectivity index is 1.62. The smallest absolute Gasteiger partial charge is 0.256 e. The van der Waals surface area contributed by atoms with Gasteiger partial charge in [-0.15, -0.1) is 0 Å². The van der Waals surface area contributed by atoms with Crippen molar-refractivity contribution in [3.8, 4) is 5.88 Å². The molecular weight excluding hydrogens is 259 g/mol. The van der Waals surface area contributed by atoms with Crippen molar-refractivity contribution in [1.82, 2.24) is 15.0 Å². The monoisotopic (exact) mass is 274 g/mol. The van der Waals surface area contributed by atoms with Gasteiger partial charge >= 0.3 is 0 Å². The van der Waals surface area contributed by atoms with Crippen molar-refractivity contribution in [3.05, 3.63) is 41.7 Å². The molecule has 2 aromatic heterocycles. The fourth-order valence-corrected chi connectivity index (χ4v) is 2.22. The van der Waals surface area contributed by atoms with E-state index in [1.807, 2.05) is 18.2 Å². The van der Waals surface area contributed by atoms with Crippen molar-refractivity contribution >= 4 is 5.82 Å². The number of pyridine rings is 1. The lowest BCUT2D eigenvalue weighted by Crippen LogP contribution is -2.08. The molecule has 0 aromatic carbocycles. The first-order valence-electron chi connectivity index (χ1n) is 6.48. The van der Waals surface area contributed by atoms with Crippen molar-refractivity contribution in [1.29, 1.82) is 0 Å². The van der Waals surface area contributed by atoms with Gasteiger partial charge in [-0.2, -0.15) is 9.37 Å². The summed E-state index contributed by atoms with van der Waals surface area (Å²) in [6.07, 6.45) is 2.78. The van der Waals surface area contributed by atoms with Crippen LogP contribution in [0.2, 0.25) is 0 Å². The summed E-state index contributed by atoms with van der Waals surface area (Å²) in [6, 6.07) is 5.85. The molecule has 2 unspecified atom stereocenters. The van der Waals surface area contributed by atoms with Crippen LogP contribution in [0.4, 0.5) is 10.2 Å². The van der Waals surface area contributed by atoms with Crippen LogP contribution in [0.3, 0.4) is 0 Å². The molecule has 1 aliphatic carbocycles. The molecule has 5 nitrogen and oxygen atoms in total. The Morgan fingerprint density at radius 3 is 3.00 bits per heavy atom. The van der Waals surface area contributed by atoms with E-state index < -0.39 is 5.82 Å². The number of nitrogens with two attached hydrogens (primary N) is 1. The average Bonchev–Trinajstić information content (AvgIpc) is 3.22. The van der Waals surface area contributed by atoms with Gasteiger partial charge in [0.2, 0.25) is 5.82 Å². The van der Waals surface area contributed by atoms with E-state index >= 15 is 0 Å². The summed E-state index contributed by atoms with van der Waals surface area (Å²) < 4.78 is 19.1. The van der Waals surface area contributed by atoms with E-state index in [2.05, 4.69) is 15.0 Å². The molecule has 20 heavy (non-hydrogen) atoms. The third kappa shape index (κ3) is 2.54. The number of rotatable bonds is 4. The number of anilines is 1. The van der Waals surface area contributed by atoms with Crippen molar-refractivity contribution in [2.45, 2.75) is 19.3 Å². The molecule has 2 N–H and O–H groups in total. The van der Waals surface area contributed by atoms with Crippen LogP contribution in [0.5, 0.6) is 5.88 Å². The highest BCUT2D eigenvalue weighted by Gasteiger charge is 2.40. The molecule has 0 amide bonds. The van der Waals surface area contributed by atoms with E-state index in [1.165, 1.54) is 0 Å². The maximum atomic E-state index is 13.7. The lowest BCUT2D eigenvalue weighted by Gasteiger charge is -2.07. The van der Waals surface area contributed by atoms with Gasteiger partial charge in [0.05, 0.1) is 6.61 Å². The van der Waals surface area contributed by atoms with Gasteiger partial charge in [-0.1, -0.05) is 6.07 Å². The third-order valence-electron chi connectivity index (χ3n) is 3.38. The first-order valence-corrected chi connectivity index (χ1v) is 6.48. The SMILES string of the molecule is Cc1nc(N)c(F)c(OCC2CC2c2ccccn2)n1. The summed E-state index contributed by atoms with van der Waals surface area (Å²) in [7, 11) is 0. The summed E-state index contributed by atoms with van der Waals surface area (Å²) in [5.41, 5.74) is 6.50. The van der Waals surface area contributed by atoms with Crippen molar-refractivity contribution in [2.24, 2.45) is 5.92 Å². The fraction of sp³-hybridized carbons (Fsp3) is 0.357. The lowest BCUT2D eigenvalue weighted by molar-refractivity contribution is 0.269. The largest absolute Gasteiger partial charge is 0.475 e. The second-order valence-corrected chi connectivity index (χ2v) is 4.94. The molecule has 1 aliphatic rings. The number of aryl methyl sites for hydroxylation is 1. The molecule has 1 fully saturated rings. The predicted octanol–water partition coefficient (Wildman–Crippen LogP) is 2.08. The number of hydrogen-bond donors (Lipinski definition) is 1. The molecule has 0 saturated heterocycles. The van der Waals surface area contributed by atoms with E-state index in [4.69, 9.17) is 10.5 Å². The average molecular weight is 274 g/mol. The molecule has 2 aromatic rings. The van der Waals surface area contributed by atoms with Crippen LogP contribution >= 0.6 is 0 Å². The highest BCUT2D eigenvalue weighted by molar-refractivity contribution is 5.35. The number of ether oxygens (including phenoxy) is 1. The fourth-order valence-electron chi connectivity index (χ4n) is 2.22. The summed E-state index contributed by atoms with van der Waals surface area (Å²) in [5, 5.41) is 0. The van der Waals surface area contributed by atoms with Gasteiger partial charge in [0.1, 0.15) is 5.82 Å². The third-order valence-corrected chi connectivity index (χ3v) is 3.38. The van der Waals surface area contributed by atoms with Crippen LogP contribution in [-0.2, 0) is 0 Å². The second-order valence-electron chi connectivity index (χ2n) is 4.94. The van der Waals surface area contributed by atoms with Crippen LogP contribution in [0.1, 0.15) is 23.9 Å². The van der Waals surface area contributed by atoms with Gasteiger partial charge in [-0.05, 0) is 25.5 Å². The number of aromatic nitrogens is 3. The van der Waals surface area contributed by atoms with Crippen LogP contribution < -0.4 is 10.5 Å². The summed E-state index contributed by atoms with van der Waals surface area (Å²) in [6.45, 7) is 2.06. The van der Waals surface area contributed by atoms with Gasteiger partial charge in [0.25, 0.3) is 5.88 Å². The van der Waals surface area contributed by atoms with E-state index in [9.17, 15) is 4.39 Å². The molecule has 2 atom stereocenters. The minimum Gasteiger partial charge on any atom is -0.475 e. The quantitative estimate of drug-likeness (QED) is 0.924. The van der Waals surface area contributed by atoms with E-state index in [0.29, 0.717) is 24.3 Å². The maximum Gasteiger partial charge on any atom is 0.256 e. The highest BCUT2D eigenvalue weighted by Crippen LogP contribution is 2.46. The molecule has 0 spiro atoms. The Morgan fingerprint density at radius 1 is 1.40 bits per heavy atom. The van der Waals surface area contributed by atoms with Gasteiger partial charge in [-0.3, -0.25) is 4.98 Å². The molecule has 3 rings (SSSR count). The zero-order valence-electron chi connectivity index (χ0n) is 11.1. The van der Waals surface area contributed by atoms with Crippen molar-refractivity contribution in [3.63, 3.8) is 0 Å².